The van der Waals surface area contributed by atoms with Crippen molar-refractivity contribution in [3.63, 3.8) is 0 Å². The highest BCUT2D eigenvalue weighted by Crippen LogP contribution is 2.22. The minimum atomic E-state index is -0.405. The molecule has 0 aliphatic rings. The van der Waals surface area contributed by atoms with Gasteiger partial charge in [-0.2, -0.15) is 5.26 Å². The first-order chi connectivity index (χ1) is 12.7. The molecule has 0 unspecified atom stereocenters. The molecule has 0 atom stereocenters. The number of ether oxygens (including phenoxy) is 1. The van der Waals surface area contributed by atoms with E-state index < -0.39 is 5.82 Å². The van der Waals surface area contributed by atoms with Gasteiger partial charge in [0.25, 0.3) is 0 Å². The maximum Gasteiger partial charge on any atom is 0.131 e. The lowest BCUT2D eigenvalue weighted by atomic mass is 10.0. The fraction of sp³-hybridized carbons (Fsp3) is 0.0455. The Balaban J connectivity index is 1.71. The highest BCUT2D eigenvalue weighted by molar-refractivity contribution is 14.1. The van der Waals surface area contributed by atoms with Crippen molar-refractivity contribution < 1.29 is 9.13 Å². The van der Waals surface area contributed by atoms with Gasteiger partial charge in [-0.3, -0.25) is 0 Å². The Morgan fingerprint density at radius 3 is 2.35 bits per heavy atom. The molecule has 3 aromatic rings. The van der Waals surface area contributed by atoms with Crippen LogP contribution in [-0.4, -0.2) is 0 Å². The predicted octanol–water partition coefficient (Wildman–Crippen LogP) is 6.07. The standard InChI is InChI=1S/C22H15FINO/c23-22-4-2-1-3-21(22)18(14-25)13-16-7-11-20(12-8-16)26-15-17-5-9-19(24)10-6-17/h1-13H,15H2. The molecule has 0 N–H and O–H groups in total. The third-order valence-electron chi connectivity index (χ3n) is 3.79. The second kappa shape index (κ2) is 8.63. The van der Waals surface area contributed by atoms with Crippen LogP contribution in [0.5, 0.6) is 5.75 Å². The molecule has 3 rings (SSSR count). The molecular formula is C22H15FINO. The number of nitriles is 1. The summed E-state index contributed by atoms with van der Waals surface area (Å²) in [6.07, 6.45) is 1.67. The summed E-state index contributed by atoms with van der Waals surface area (Å²) in [4.78, 5) is 0. The summed E-state index contributed by atoms with van der Waals surface area (Å²) in [5.41, 5.74) is 2.50. The van der Waals surface area contributed by atoms with E-state index >= 15 is 0 Å². The van der Waals surface area contributed by atoms with Gasteiger partial charge in [-0.1, -0.05) is 42.5 Å². The van der Waals surface area contributed by atoms with E-state index in [9.17, 15) is 9.65 Å². The first-order valence-electron chi connectivity index (χ1n) is 8.00. The molecule has 0 radical (unpaired) electrons. The largest absolute Gasteiger partial charge is 0.489 e. The Morgan fingerprint density at radius 1 is 1.00 bits per heavy atom. The second-order valence-electron chi connectivity index (χ2n) is 5.63. The van der Waals surface area contributed by atoms with Crippen molar-refractivity contribution in [2.75, 3.05) is 0 Å². The molecule has 0 amide bonds. The van der Waals surface area contributed by atoms with Crippen molar-refractivity contribution in [3.8, 4) is 11.8 Å². The van der Waals surface area contributed by atoms with Gasteiger partial charge in [0, 0.05) is 9.13 Å². The van der Waals surface area contributed by atoms with Gasteiger partial charge in [0.2, 0.25) is 0 Å². The van der Waals surface area contributed by atoms with Crippen LogP contribution in [0.2, 0.25) is 0 Å². The van der Waals surface area contributed by atoms with Crippen molar-refractivity contribution in [3.05, 3.63) is 98.9 Å². The summed E-state index contributed by atoms with van der Waals surface area (Å²) in [5, 5.41) is 9.34. The Bertz CT molecular complexity index is 957. The van der Waals surface area contributed by atoms with E-state index in [2.05, 4.69) is 28.7 Å². The van der Waals surface area contributed by atoms with Crippen LogP contribution in [0.1, 0.15) is 16.7 Å². The van der Waals surface area contributed by atoms with Gasteiger partial charge < -0.3 is 4.74 Å². The number of benzene rings is 3. The lowest BCUT2D eigenvalue weighted by Gasteiger charge is -2.07. The van der Waals surface area contributed by atoms with E-state index in [0.29, 0.717) is 12.2 Å². The summed E-state index contributed by atoms with van der Waals surface area (Å²) in [6.45, 7) is 0.491. The van der Waals surface area contributed by atoms with E-state index in [4.69, 9.17) is 4.74 Å². The highest BCUT2D eigenvalue weighted by atomic mass is 127. The van der Waals surface area contributed by atoms with Gasteiger partial charge in [-0.25, -0.2) is 4.39 Å². The summed E-state index contributed by atoms with van der Waals surface area (Å²) < 4.78 is 20.8. The van der Waals surface area contributed by atoms with Gasteiger partial charge in [0.15, 0.2) is 0 Å². The minimum absolute atomic E-state index is 0.288. The summed E-state index contributed by atoms with van der Waals surface area (Å²) in [6, 6.07) is 23.9. The van der Waals surface area contributed by atoms with Crippen LogP contribution in [0.4, 0.5) is 4.39 Å². The van der Waals surface area contributed by atoms with Crippen LogP contribution < -0.4 is 4.74 Å². The zero-order valence-electron chi connectivity index (χ0n) is 13.8. The fourth-order valence-corrected chi connectivity index (χ4v) is 2.78. The maximum absolute atomic E-state index is 13.9. The molecule has 2 nitrogen and oxygen atoms in total. The molecule has 0 saturated carbocycles. The van der Waals surface area contributed by atoms with Crippen molar-refractivity contribution in [1.82, 2.24) is 0 Å². The van der Waals surface area contributed by atoms with Gasteiger partial charge in [0.1, 0.15) is 18.2 Å². The molecule has 0 aliphatic heterocycles. The average molecular weight is 455 g/mol. The van der Waals surface area contributed by atoms with Crippen LogP contribution in [0, 0.1) is 20.7 Å². The first kappa shape index (κ1) is 18.2. The van der Waals surface area contributed by atoms with Gasteiger partial charge >= 0.3 is 0 Å². The molecule has 128 valence electrons. The Labute approximate surface area is 165 Å². The smallest absolute Gasteiger partial charge is 0.131 e. The van der Waals surface area contributed by atoms with Crippen LogP contribution in [0.15, 0.2) is 72.8 Å². The molecule has 0 aromatic heterocycles. The van der Waals surface area contributed by atoms with Gasteiger partial charge in [-0.05, 0) is 70.1 Å². The number of allylic oxidation sites excluding steroid dienone is 1. The zero-order chi connectivity index (χ0) is 18.4. The lowest BCUT2D eigenvalue weighted by molar-refractivity contribution is 0.306. The van der Waals surface area contributed by atoms with E-state index in [-0.39, 0.29) is 5.57 Å². The van der Waals surface area contributed by atoms with Gasteiger partial charge in [0.05, 0.1) is 11.6 Å². The number of hydrogen-bond acceptors (Lipinski definition) is 2. The van der Waals surface area contributed by atoms with E-state index in [1.165, 1.54) is 9.64 Å². The molecular weight excluding hydrogens is 440 g/mol. The van der Waals surface area contributed by atoms with Gasteiger partial charge in [-0.15, -0.1) is 0 Å². The van der Waals surface area contributed by atoms with E-state index in [1.807, 2.05) is 48.5 Å². The zero-order valence-corrected chi connectivity index (χ0v) is 16.0. The minimum Gasteiger partial charge on any atom is -0.489 e. The summed E-state index contributed by atoms with van der Waals surface area (Å²) in [5.74, 6) is 0.336. The molecule has 0 aliphatic carbocycles. The molecule has 3 aromatic carbocycles. The molecule has 0 bridgehead atoms. The molecule has 26 heavy (non-hydrogen) atoms. The SMILES string of the molecule is N#CC(=Cc1ccc(OCc2ccc(I)cc2)cc1)c1ccccc1F. The topological polar surface area (TPSA) is 33.0 Å². The van der Waals surface area contributed by atoms with Crippen LogP contribution in [0.3, 0.4) is 0 Å². The number of hydrogen-bond donors (Lipinski definition) is 0. The number of halogens is 2. The normalized spacial score (nSPS) is 11.0. The summed E-state index contributed by atoms with van der Waals surface area (Å²) >= 11 is 2.27. The van der Waals surface area contributed by atoms with Crippen LogP contribution >= 0.6 is 22.6 Å². The van der Waals surface area contributed by atoms with Crippen LogP contribution in [0.25, 0.3) is 11.6 Å². The van der Waals surface area contributed by atoms with Crippen LogP contribution in [-0.2, 0) is 6.61 Å². The Morgan fingerprint density at radius 2 is 1.69 bits per heavy atom. The monoisotopic (exact) mass is 455 g/mol. The second-order valence-corrected chi connectivity index (χ2v) is 6.88. The third kappa shape index (κ3) is 4.70. The molecule has 0 saturated heterocycles. The average Bonchev–Trinajstić information content (AvgIpc) is 2.67. The van der Waals surface area contributed by atoms with Crippen molar-refractivity contribution in [2.24, 2.45) is 0 Å². The quantitative estimate of drug-likeness (QED) is 0.266. The van der Waals surface area contributed by atoms with E-state index in [0.717, 1.165) is 16.9 Å². The highest BCUT2D eigenvalue weighted by Gasteiger charge is 2.06. The van der Waals surface area contributed by atoms with Crippen molar-refractivity contribution in [2.45, 2.75) is 6.61 Å². The summed E-state index contributed by atoms with van der Waals surface area (Å²) in [7, 11) is 0. The molecule has 0 spiro atoms. The molecule has 0 fully saturated rings. The molecule has 4 heteroatoms. The van der Waals surface area contributed by atoms with E-state index in [1.54, 1.807) is 24.3 Å². The Hall–Kier alpha value is -2.65. The number of rotatable bonds is 5. The maximum atomic E-state index is 13.9. The number of nitrogens with zero attached hydrogens (tertiary/aromatic N) is 1. The van der Waals surface area contributed by atoms with Crippen molar-refractivity contribution in [1.29, 1.82) is 5.26 Å². The third-order valence-corrected chi connectivity index (χ3v) is 4.51. The Kier molecular flexibility index (Phi) is 6.03. The predicted molar refractivity (Wildman–Crippen MR) is 110 cm³/mol. The first-order valence-corrected chi connectivity index (χ1v) is 9.07. The lowest BCUT2D eigenvalue weighted by Crippen LogP contribution is -1.95. The molecule has 0 heterocycles. The fourth-order valence-electron chi connectivity index (χ4n) is 2.42. The van der Waals surface area contributed by atoms with Crippen molar-refractivity contribution >= 4 is 34.2 Å².